The third-order valence-electron chi connectivity index (χ3n) is 3.96. The van der Waals surface area contributed by atoms with E-state index in [2.05, 4.69) is 5.32 Å². The van der Waals surface area contributed by atoms with Crippen molar-refractivity contribution in [3.63, 3.8) is 0 Å². The van der Waals surface area contributed by atoms with Gasteiger partial charge in [-0.1, -0.05) is 0 Å². The number of rotatable bonds is 2. The van der Waals surface area contributed by atoms with Crippen LogP contribution in [0.1, 0.15) is 19.4 Å². The van der Waals surface area contributed by atoms with Gasteiger partial charge >= 0.3 is 0 Å². The molecule has 2 aliphatic heterocycles. The highest BCUT2D eigenvalue weighted by molar-refractivity contribution is 7.89. The molecule has 124 valence electrons. The standard InChI is InChI=1S/C14H20N2O4S.ClH/c1-9-4-12-13(20-8-19-12)5-14(9)21(17,18)16-7-10(2)15-6-11(16)3;/h4-5,10-11,15H,6-8H2,1-3H3;1H. The molecule has 6 nitrogen and oxygen atoms in total. The number of halogens is 1. The molecule has 0 radical (unpaired) electrons. The summed E-state index contributed by atoms with van der Waals surface area (Å²) in [6.45, 7) is 6.95. The Bertz CT molecular complexity index is 665. The maximum atomic E-state index is 13.0. The summed E-state index contributed by atoms with van der Waals surface area (Å²) in [7, 11) is -3.54. The van der Waals surface area contributed by atoms with Crippen molar-refractivity contribution in [1.29, 1.82) is 0 Å². The predicted octanol–water partition coefficient (Wildman–Crippen LogP) is 1.52. The Morgan fingerprint density at radius 2 is 1.86 bits per heavy atom. The molecular formula is C14H21ClN2O4S. The molecule has 1 saturated heterocycles. The topological polar surface area (TPSA) is 67.9 Å². The molecule has 1 N–H and O–H groups in total. The lowest BCUT2D eigenvalue weighted by Crippen LogP contribution is -2.56. The molecule has 8 heteroatoms. The fourth-order valence-electron chi connectivity index (χ4n) is 2.75. The second kappa shape index (κ2) is 6.23. The number of aryl methyl sites for hydroxylation is 1. The minimum Gasteiger partial charge on any atom is -0.454 e. The molecule has 1 aromatic rings. The Hall–Kier alpha value is -1.02. The summed E-state index contributed by atoms with van der Waals surface area (Å²) < 4.78 is 38.1. The van der Waals surface area contributed by atoms with E-state index in [4.69, 9.17) is 9.47 Å². The Kier molecular flexibility index (Phi) is 4.91. The van der Waals surface area contributed by atoms with Gasteiger partial charge in [-0.25, -0.2) is 8.42 Å². The van der Waals surface area contributed by atoms with Crippen LogP contribution in [0.2, 0.25) is 0 Å². The van der Waals surface area contributed by atoms with Crippen molar-refractivity contribution in [1.82, 2.24) is 9.62 Å². The van der Waals surface area contributed by atoms with Crippen molar-refractivity contribution in [2.75, 3.05) is 19.9 Å². The molecule has 1 aromatic carbocycles. The second-order valence-electron chi connectivity index (χ2n) is 5.70. The van der Waals surface area contributed by atoms with E-state index in [1.165, 1.54) is 0 Å². The fraction of sp³-hybridized carbons (Fsp3) is 0.571. The molecule has 0 spiro atoms. The molecule has 0 saturated carbocycles. The summed E-state index contributed by atoms with van der Waals surface area (Å²) in [5, 5.41) is 3.29. The average molecular weight is 349 g/mol. The number of sulfonamides is 1. The van der Waals surface area contributed by atoms with Crippen molar-refractivity contribution < 1.29 is 17.9 Å². The number of nitrogens with one attached hydrogen (secondary N) is 1. The molecule has 2 atom stereocenters. The summed E-state index contributed by atoms with van der Waals surface area (Å²) in [6, 6.07) is 3.37. The van der Waals surface area contributed by atoms with Crippen molar-refractivity contribution >= 4 is 22.4 Å². The monoisotopic (exact) mass is 348 g/mol. The van der Waals surface area contributed by atoms with Crippen LogP contribution in [-0.4, -0.2) is 44.7 Å². The van der Waals surface area contributed by atoms with Crippen LogP contribution in [-0.2, 0) is 10.0 Å². The number of hydrogen-bond acceptors (Lipinski definition) is 5. The molecule has 0 amide bonds. The Balaban J connectivity index is 0.00000176. The van der Waals surface area contributed by atoms with Gasteiger partial charge in [-0.3, -0.25) is 0 Å². The smallest absolute Gasteiger partial charge is 0.243 e. The van der Waals surface area contributed by atoms with E-state index in [1.54, 1.807) is 23.4 Å². The lowest BCUT2D eigenvalue weighted by atomic mass is 10.2. The van der Waals surface area contributed by atoms with E-state index in [1.807, 2.05) is 13.8 Å². The second-order valence-corrected chi connectivity index (χ2v) is 7.56. The first-order valence-corrected chi connectivity index (χ1v) is 8.49. The van der Waals surface area contributed by atoms with E-state index in [9.17, 15) is 8.42 Å². The van der Waals surface area contributed by atoms with Crippen LogP contribution in [0.25, 0.3) is 0 Å². The van der Waals surface area contributed by atoms with Crippen molar-refractivity contribution in [3.05, 3.63) is 17.7 Å². The van der Waals surface area contributed by atoms with Crippen molar-refractivity contribution in [3.8, 4) is 11.5 Å². The number of nitrogens with zero attached hydrogens (tertiary/aromatic N) is 1. The first-order chi connectivity index (χ1) is 9.89. The van der Waals surface area contributed by atoms with Gasteiger partial charge in [0.1, 0.15) is 0 Å². The van der Waals surface area contributed by atoms with Crippen LogP contribution >= 0.6 is 12.4 Å². The molecule has 1 fully saturated rings. The third-order valence-corrected chi connectivity index (χ3v) is 6.09. The van der Waals surface area contributed by atoms with Gasteiger partial charge in [-0.2, -0.15) is 4.31 Å². The Morgan fingerprint density at radius 1 is 1.23 bits per heavy atom. The summed E-state index contributed by atoms with van der Waals surface area (Å²) in [5.41, 5.74) is 0.678. The molecule has 3 rings (SSSR count). The molecular weight excluding hydrogens is 328 g/mol. The zero-order valence-corrected chi connectivity index (χ0v) is 14.5. The molecule has 2 unspecified atom stereocenters. The average Bonchev–Trinajstić information content (AvgIpc) is 2.87. The van der Waals surface area contributed by atoms with Gasteiger partial charge in [-0.05, 0) is 32.4 Å². The molecule has 2 heterocycles. The number of hydrogen-bond donors (Lipinski definition) is 1. The van der Waals surface area contributed by atoms with E-state index in [-0.39, 0.29) is 31.3 Å². The fourth-order valence-corrected chi connectivity index (χ4v) is 4.69. The summed E-state index contributed by atoms with van der Waals surface area (Å²) >= 11 is 0. The highest BCUT2D eigenvalue weighted by Crippen LogP contribution is 2.37. The molecule has 22 heavy (non-hydrogen) atoms. The predicted molar refractivity (Wildman–Crippen MR) is 85.4 cm³/mol. The largest absolute Gasteiger partial charge is 0.454 e. The number of ether oxygens (including phenoxy) is 2. The molecule has 0 bridgehead atoms. The highest BCUT2D eigenvalue weighted by atomic mass is 35.5. The van der Waals surface area contributed by atoms with E-state index < -0.39 is 10.0 Å². The van der Waals surface area contributed by atoms with Gasteiger partial charge in [0, 0.05) is 31.2 Å². The van der Waals surface area contributed by atoms with Crippen LogP contribution in [0.5, 0.6) is 11.5 Å². The van der Waals surface area contributed by atoms with Crippen molar-refractivity contribution in [2.45, 2.75) is 37.8 Å². The lowest BCUT2D eigenvalue weighted by Gasteiger charge is -2.36. The zero-order chi connectivity index (χ0) is 15.2. The van der Waals surface area contributed by atoms with Gasteiger partial charge < -0.3 is 14.8 Å². The van der Waals surface area contributed by atoms with Crippen LogP contribution in [0.3, 0.4) is 0 Å². The van der Waals surface area contributed by atoms with Crippen LogP contribution in [0, 0.1) is 6.92 Å². The van der Waals surface area contributed by atoms with Gasteiger partial charge in [0.15, 0.2) is 11.5 Å². The van der Waals surface area contributed by atoms with E-state index in [0.717, 1.165) is 0 Å². The van der Waals surface area contributed by atoms with E-state index >= 15 is 0 Å². The first-order valence-electron chi connectivity index (χ1n) is 7.05. The van der Waals surface area contributed by atoms with Gasteiger partial charge in [0.25, 0.3) is 0 Å². The van der Waals surface area contributed by atoms with Gasteiger partial charge in [-0.15, -0.1) is 12.4 Å². The summed E-state index contributed by atoms with van der Waals surface area (Å²) in [5.74, 6) is 1.10. The maximum Gasteiger partial charge on any atom is 0.243 e. The summed E-state index contributed by atoms with van der Waals surface area (Å²) in [4.78, 5) is 0.299. The third kappa shape index (κ3) is 2.90. The van der Waals surface area contributed by atoms with Gasteiger partial charge in [0.05, 0.1) is 4.90 Å². The minimum atomic E-state index is -3.54. The molecule has 2 aliphatic rings. The summed E-state index contributed by atoms with van der Waals surface area (Å²) in [6.07, 6.45) is 0. The first kappa shape index (κ1) is 17.3. The highest BCUT2D eigenvalue weighted by Gasteiger charge is 2.35. The normalized spacial score (nSPS) is 24.9. The number of fused-ring (bicyclic) bond motifs is 1. The quantitative estimate of drug-likeness (QED) is 0.877. The van der Waals surface area contributed by atoms with Crippen LogP contribution in [0.15, 0.2) is 17.0 Å². The molecule has 0 aromatic heterocycles. The van der Waals surface area contributed by atoms with Crippen LogP contribution in [0.4, 0.5) is 0 Å². The Labute approximate surface area is 137 Å². The Morgan fingerprint density at radius 3 is 2.55 bits per heavy atom. The number of piperazine rings is 1. The number of benzene rings is 1. The lowest BCUT2D eigenvalue weighted by molar-refractivity contribution is 0.174. The van der Waals surface area contributed by atoms with Crippen LogP contribution < -0.4 is 14.8 Å². The maximum absolute atomic E-state index is 13.0. The molecule has 0 aliphatic carbocycles. The van der Waals surface area contributed by atoms with Crippen molar-refractivity contribution in [2.24, 2.45) is 0 Å². The minimum absolute atomic E-state index is 0. The van der Waals surface area contributed by atoms with Gasteiger partial charge in [0.2, 0.25) is 16.8 Å². The zero-order valence-electron chi connectivity index (χ0n) is 12.8. The SMILES string of the molecule is Cc1cc2c(cc1S(=O)(=O)N1CC(C)NCC1C)OCO2.Cl. The van der Waals surface area contributed by atoms with E-state index in [0.29, 0.717) is 35.0 Å².